The Balaban J connectivity index is 3.90. The van der Waals surface area contributed by atoms with Crippen LogP contribution in [0.2, 0.25) is 25.2 Å². The Morgan fingerprint density at radius 3 is 1.68 bits per heavy atom. The van der Waals surface area contributed by atoms with Crippen LogP contribution in [0, 0.1) is 0 Å². The molecule has 0 saturated heterocycles. The predicted octanol–water partition coefficient (Wildman–Crippen LogP) is 5.31. The summed E-state index contributed by atoms with van der Waals surface area (Å²) in [5, 5.41) is 0. The maximum atomic E-state index is 4.00. The van der Waals surface area contributed by atoms with Gasteiger partial charge in [0.15, 0.2) is 0 Å². The molecule has 0 saturated carbocycles. The lowest BCUT2D eigenvalue weighted by Crippen LogP contribution is -2.51. The summed E-state index contributed by atoms with van der Waals surface area (Å²) in [6, 6.07) is 2.95. The normalized spacial score (nSPS) is 13.0. The summed E-state index contributed by atoms with van der Waals surface area (Å²) < 4.78 is 0. The Bertz CT molecular complexity index is 301. The average Bonchev–Trinajstić information content (AvgIpc) is 2.61. The predicted molar refractivity (Wildman–Crippen MR) is 123 cm³/mol. The summed E-state index contributed by atoms with van der Waals surface area (Å²) in [7, 11) is -1.08. The van der Waals surface area contributed by atoms with Crippen LogP contribution in [0.25, 0.3) is 0 Å². The highest BCUT2D eigenvalue weighted by Gasteiger charge is 2.20. The van der Waals surface area contributed by atoms with E-state index < -0.39 is 8.07 Å². The maximum absolute atomic E-state index is 4.00. The van der Waals surface area contributed by atoms with Crippen LogP contribution < -0.4 is 0 Å². The standard InChI is InChI=1S/C21H48N2Si2/c1-8-22(9-2)21(23(10-3)11-4)24-19-17-15-13-14-16-18-20-25(6,7)12-5/h12,21H,5,8-11,13-20,24H2,1-4,6-7H3. The molecule has 0 aromatic carbocycles. The summed E-state index contributed by atoms with van der Waals surface area (Å²) in [5.41, 5.74) is 2.25. The Morgan fingerprint density at radius 2 is 1.24 bits per heavy atom. The zero-order valence-corrected chi connectivity index (χ0v) is 20.9. The second-order valence-corrected chi connectivity index (χ2v) is 15.0. The van der Waals surface area contributed by atoms with Gasteiger partial charge in [0.05, 0.1) is 17.6 Å². The van der Waals surface area contributed by atoms with Crippen molar-refractivity contribution in [3.8, 4) is 0 Å². The zero-order chi connectivity index (χ0) is 19.1. The van der Waals surface area contributed by atoms with E-state index in [1.165, 1.54) is 76.8 Å². The summed E-state index contributed by atoms with van der Waals surface area (Å²) >= 11 is 0. The molecule has 0 aromatic heterocycles. The van der Waals surface area contributed by atoms with Crippen molar-refractivity contribution in [2.75, 3.05) is 26.2 Å². The molecule has 0 aliphatic heterocycles. The van der Waals surface area contributed by atoms with E-state index >= 15 is 0 Å². The number of hydrogen-bond donors (Lipinski definition) is 0. The number of hydrogen-bond acceptors (Lipinski definition) is 2. The van der Waals surface area contributed by atoms with Gasteiger partial charge in [-0.05, 0) is 26.2 Å². The van der Waals surface area contributed by atoms with Gasteiger partial charge >= 0.3 is 0 Å². The van der Waals surface area contributed by atoms with Crippen LogP contribution in [0.5, 0.6) is 0 Å². The van der Waals surface area contributed by atoms with Crippen molar-refractivity contribution in [2.45, 2.75) is 97.2 Å². The van der Waals surface area contributed by atoms with Crippen molar-refractivity contribution >= 4 is 17.6 Å². The topological polar surface area (TPSA) is 6.48 Å². The van der Waals surface area contributed by atoms with Crippen molar-refractivity contribution < 1.29 is 0 Å². The quantitative estimate of drug-likeness (QED) is 0.190. The van der Waals surface area contributed by atoms with E-state index in [-0.39, 0.29) is 9.52 Å². The Labute approximate surface area is 163 Å². The van der Waals surface area contributed by atoms with Gasteiger partial charge < -0.3 is 0 Å². The van der Waals surface area contributed by atoms with Crippen LogP contribution in [-0.2, 0) is 0 Å². The monoisotopic (exact) mass is 384 g/mol. The van der Waals surface area contributed by atoms with E-state index in [1.54, 1.807) is 0 Å². The lowest BCUT2D eigenvalue weighted by atomic mass is 10.1. The molecule has 0 atom stereocenters. The molecule has 0 aliphatic rings. The molecule has 0 aliphatic carbocycles. The molecule has 0 amide bonds. The van der Waals surface area contributed by atoms with Gasteiger partial charge in [-0.3, -0.25) is 9.80 Å². The first kappa shape index (κ1) is 25.1. The van der Waals surface area contributed by atoms with E-state index in [1.807, 2.05) is 0 Å². The van der Waals surface area contributed by atoms with Gasteiger partial charge in [0, 0.05) is 5.79 Å². The van der Waals surface area contributed by atoms with E-state index in [2.05, 4.69) is 62.9 Å². The van der Waals surface area contributed by atoms with Gasteiger partial charge in [0.25, 0.3) is 0 Å². The SMILES string of the molecule is C=C[Si](C)(C)CCCCCCCC[SiH2]C(N(CC)CC)N(CC)CC. The minimum Gasteiger partial charge on any atom is -0.292 e. The molecule has 25 heavy (non-hydrogen) atoms. The minimum atomic E-state index is -1.05. The summed E-state index contributed by atoms with van der Waals surface area (Å²) in [6.45, 7) is 23.0. The zero-order valence-electron chi connectivity index (χ0n) is 18.4. The summed E-state index contributed by atoms with van der Waals surface area (Å²) in [6.07, 6.45) is 8.68. The highest BCUT2D eigenvalue weighted by molar-refractivity contribution is 6.82. The van der Waals surface area contributed by atoms with Gasteiger partial charge in [-0.25, -0.2) is 0 Å². The molecule has 0 fully saturated rings. The fourth-order valence-corrected chi connectivity index (χ4v) is 7.92. The van der Waals surface area contributed by atoms with E-state index in [9.17, 15) is 0 Å². The van der Waals surface area contributed by atoms with E-state index in [0.717, 1.165) is 5.79 Å². The third kappa shape index (κ3) is 11.4. The Hall–Kier alpha value is 0.0938. The van der Waals surface area contributed by atoms with E-state index in [4.69, 9.17) is 0 Å². The van der Waals surface area contributed by atoms with Crippen molar-refractivity contribution in [3.63, 3.8) is 0 Å². The molecule has 0 rings (SSSR count). The minimum absolute atomic E-state index is 0.0329. The molecular weight excluding hydrogens is 336 g/mol. The van der Waals surface area contributed by atoms with E-state index in [0.29, 0.717) is 0 Å². The molecule has 0 heterocycles. The van der Waals surface area contributed by atoms with Gasteiger partial charge in [-0.2, -0.15) is 0 Å². The number of nitrogens with zero attached hydrogens (tertiary/aromatic N) is 2. The maximum Gasteiger partial charge on any atom is 0.0709 e. The summed E-state index contributed by atoms with van der Waals surface area (Å²) in [4.78, 5) is 5.40. The first-order chi connectivity index (χ1) is 12.0. The number of rotatable bonds is 17. The molecule has 0 spiro atoms. The smallest absolute Gasteiger partial charge is 0.0709 e. The molecule has 0 aromatic rings. The van der Waals surface area contributed by atoms with Crippen LogP contribution in [0.1, 0.15) is 66.2 Å². The largest absolute Gasteiger partial charge is 0.292 e. The van der Waals surface area contributed by atoms with Crippen LogP contribution in [-0.4, -0.2) is 59.4 Å². The first-order valence-electron chi connectivity index (χ1n) is 11.1. The second-order valence-electron chi connectivity index (χ2n) is 8.13. The van der Waals surface area contributed by atoms with Gasteiger partial charge in [0.2, 0.25) is 0 Å². The Morgan fingerprint density at radius 1 is 0.800 bits per heavy atom. The lowest BCUT2D eigenvalue weighted by molar-refractivity contribution is 0.114. The van der Waals surface area contributed by atoms with Crippen molar-refractivity contribution in [2.24, 2.45) is 0 Å². The molecule has 150 valence electrons. The first-order valence-corrected chi connectivity index (χ1v) is 16.2. The molecule has 2 nitrogen and oxygen atoms in total. The molecule has 4 heteroatoms. The van der Waals surface area contributed by atoms with Crippen molar-refractivity contribution in [1.29, 1.82) is 0 Å². The second kappa shape index (κ2) is 15.2. The fraction of sp³-hybridized carbons (Fsp3) is 0.905. The molecule has 0 bridgehead atoms. The van der Waals surface area contributed by atoms with Gasteiger partial charge in [-0.1, -0.05) is 91.4 Å². The average molecular weight is 385 g/mol. The molecule has 0 unspecified atom stereocenters. The molecule has 0 radical (unpaired) electrons. The van der Waals surface area contributed by atoms with Crippen molar-refractivity contribution in [3.05, 3.63) is 12.3 Å². The van der Waals surface area contributed by atoms with Gasteiger partial charge in [-0.15, -0.1) is 12.3 Å². The van der Waals surface area contributed by atoms with Crippen LogP contribution in [0.4, 0.5) is 0 Å². The third-order valence-electron chi connectivity index (χ3n) is 5.80. The highest BCUT2D eigenvalue weighted by atomic mass is 28.3. The van der Waals surface area contributed by atoms with Crippen LogP contribution in [0.3, 0.4) is 0 Å². The third-order valence-corrected chi connectivity index (χ3v) is 11.0. The van der Waals surface area contributed by atoms with Crippen LogP contribution >= 0.6 is 0 Å². The van der Waals surface area contributed by atoms with Crippen LogP contribution in [0.15, 0.2) is 12.3 Å². The van der Waals surface area contributed by atoms with Gasteiger partial charge in [0.1, 0.15) is 0 Å². The fourth-order valence-electron chi connectivity index (χ4n) is 3.78. The number of unbranched alkanes of at least 4 members (excludes halogenated alkanes) is 5. The summed E-state index contributed by atoms with van der Waals surface area (Å²) in [5.74, 6) is 0.788. The highest BCUT2D eigenvalue weighted by Crippen LogP contribution is 2.17. The van der Waals surface area contributed by atoms with Crippen molar-refractivity contribution in [1.82, 2.24) is 9.80 Å². The molecular formula is C21H48N2Si2. The Kier molecular flexibility index (Phi) is 15.2. The molecule has 0 N–H and O–H groups in total. The lowest BCUT2D eigenvalue weighted by Gasteiger charge is -2.38.